The molecule has 2 aromatic rings. The van der Waals surface area contributed by atoms with Crippen LogP contribution in [0, 0.1) is 11.3 Å². The Labute approximate surface area is 178 Å². The minimum atomic E-state index is -0.532. The maximum atomic E-state index is 12.6. The van der Waals surface area contributed by atoms with Crippen molar-refractivity contribution < 1.29 is 14.3 Å². The molecular weight excluding hydrogens is 378 g/mol. The average molecular weight is 408 g/mol. The molecule has 0 aromatic heterocycles. The summed E-state index contributed by atoms with van der Waals surface area (Å²) in [7, 11) is 0. The molecule has 0 N–H and O–H groups in total. The van der Waals surface area contributed by atoms with Gasteiger partial charge in [0.05, 0.1) is 11.6 Å². The van der Waals surface area contributed by atoms with Crippen molar-refractivity contribution in [1.82, 2.24) is 9.80 Å². The number of ether oxygens (including phenoxy) is 2. The van der Waals surface area contributed by atoms with Crippen molar-refractivity contribution in [2.24, 2.45) is 0 Å². The van der Waals surface area contributed by atoms with E-state index < -0.39 is 5.60 Å². The van der Waals surface area contributed by atoms with Gasteiger partial charge >= 0.3 is 6.09 Å². The van der Waals surface area contributed by atoms with Crippen LogP contribution in [0.3, 0.4) is 0 Å². The summed E-state index contributed by atoms with van der Waals surface area (Å²) in [5, 5.41) is 9.32. The first kappa shape index (κ1) is 21.7. The molecule has 0 spiro atoms. The number of carbonyl (C=O) groups is 1. The molecule has 1 fully saturated rings. The molecule has 3 rings (SSSR count). The highest BCUT2D eigenvalue weighted by Gasteiger charge is 2.32. The van der Waals surface area contributed by atoms with Gasteiger partial charge in [-0.05, 0) is 38.5 Å². The zero-order valence-electron chi connectivity index (χ0n) is 17.9. The molecule has 1 atom stereocenters. The van der Waals surface area contributed by atoms with Crippen molar-refractivity contribution in [1.29, 1.82) is 5.26 Å². The first-order chi connectivity index (χ1) is 14.4. The zero-order valence-corrected chi connectivity index (χ0v) is 17.9. The van der Waals surface area contributed by atoms with Crippen molar-refractivity contribution in [3.8, 4) is 11.8 Å². The van der Waals surface area contributed by atoms with Gasteiger partial charge in [-0.2, -0.15) is 5.26 Å². The van der Waals surface area contributed by atoms with E-state index in [1.165, 1.54) is 5.56 Å². The van der Waals surface area contributed by atoms with Gasteiger partial charge in [0.1, 0.15) is 24.0 Å². The van der Waals surface area contributed by atoms with Gasteiger partial charge < -0.3 is 14.4 Å². The maximum Gasteiger partial charge on any atom is 0.410 e. The Hall–Kier alpha value is -3.04. The Morgan fingerprint density at radius 1 is 1.10 bits per heavy atom. The van der Waals surface area contributed by atoms with E-state index in [-0.39, 0.29) is 12.1 Å². The molecule has 1 heterocycles. The number of hydrogen-bond donors (Lipinski definition) is 0. The highest BCUT2D eigenvalue weighted by molar-refractivity contribution is 5.68. The van der Waals surface area contributed by atoms with Crippen LogP contribution >= 0.6 is 0 Å². The fourth-order valence-electron chi connectivity index (χ4n) is 3.44. The third kappa shape index (κ3) is 5.98. The van der Waals surface area contributed by atoms with Crippen LogP contribution in [0.25, 0.3) is 0 Å². The largest absolute Gasteiger partial charge is 0.490 e. The van der Waals surface area contributed by atoms with Gasteiger partial charge in [-0.1, -0.05) is 42.5 Å². The molecule has 2 aromatic carbocycles. The molecule has 0 saturated carbocycles. The lowest BCUT2D eigenvalue weighted by Crippen LogP contribution is -2.57. The van der Waals surface area contributed by atoms with E-state index in [9.17, 15) is 10.1 Å². The number of piperazine rings is 1. The third-order valence-corrected chi connectivity index (χ3v) is 4.92. The fourth-order valence-corrected chi connectivity index (χ4v) is 3.44. The van der Waals surface area contributed by atoms with Crippen LogP contribution in [-0.2, 0) is 11.3 Å². The number of para-hydroxylation sites is 1. The quantitative estimate of drug-likeness (QED) is 0.748. The molecule has 6 nitrogen and oxygen atoms in total. The summed E-state index contributed by atoms with van der Waals surface area (Å²) in [5.74, 6) is 0.564. The molecule has 1 aliphatic rings. The second-order valence-electron chi connectivity index (χ2n) is 8.46. The molecular formula is C24H29N3O3. The van der Waals surface area contributed by atoms with E-state index in [1.807, 2.05) is 51.1 Å². The maximum absolute atomic E-state index is 12.6. The van der Waals surface area contributed by atoms with Gasteiger partial charge in [-0.25, -0.2) is 4.79 Å². The summed E-state index contributed by atoms with van der Waals surface area (Å²) in [5.41, 5.74) is 1.19. The van der Waals surface area contributed by atoms with Crippen LogP contribution in [-0.4, -0.2) is 53.8 Å². The second-order valence-corrected chi connectivity index (χ2v) is 8.46. The Morgan fingerprint density at radius 2 is 1.80 bits per heavy atom. The van der Waals surface area contributed by atoms with Crippen LogP contribution in [0.4, 0.5) is 4.79 Å². The molecule has 0 radical (unpaired) electrons. The molecule has 1 amide bonds. The smallest absolute Gasteiger partial charge is 0.410 e. The zero-order chi connectivity index (χ0) is 21.6. The van der Waals surface area contributed by atoms with E-state index in [0.717, 1.165) is 13.1 Å². The Morgan fingerprint density at radius 3 is 2.50 bits per heavy atom. The summed E-state index contributed by atoms with van der Waals surface area (Å²) in [4.78, 5) is 16.7. The van der Waals surface area contributed by atoms with Gasteiger partial charge in [0, 0.05) is 26.2 Å². The minimum Gasteiger partial charge on any atom is -0.490 e. The number of benzene rings is 2. The Balaban J connectivity index is 1.72. The molecule has 30 heavy (non-hydrogen) atoms. The number of amides is 1. The molecule has 6 heteroatoms. The predicted octanol–water partition coefficient (Wildman–Crippen LogP) is 4.06. The summed E-state index contributed by atoms with van der Waals surface area (Å²) >= 11 is 0. The highest BCUT2D eigenvalue weighted by Crippen LogP contribution is 2.21. The molecule has 1 saturated heterocycles. The van der Waals surface area contributed by atoms with Crippen LogP contribution < -0.4 is 4.74 Å². The SMILES string of the molecule is CC(C)(C)OC(=O)N1CCN(Cc2ccccc2)[C@H](COc2ccccc2C#N)C1. The van der Waals surface area contributed by atoms with Gasteiger partial charge in [0.25, 0.3) is 0 Å². The van der Waals surface area contributed by atoms with E-state index in [4.69, 9.17) is 9.47 Å². The van der Waals surface area contributed by atoms with Crippen LogP contribution in [0.5, 0.6) is 5.75 Å². The van der Waals surface area contributed by atoms with Crippen molar-refractivity contribution in [3.05, 3.63) is 65.7 Å². The van der Waals surface area contributed by atoms with Crippen LogP contribution in [0.1, 0.15) is 31.9 Å². The number of nitrogens with zero attached hydrogens (tertiary/aromatic N) is 3. The van der Waals surface area contributed by atoms with Gasteiger partial charge in [0.2, 0.25) is 0 Å². The normalized spacial score (nSPS) is 17.3. The minimum absolute atomic E-state index is 0.0155. The first-order valence-electron chi connectivity index (χ1n) is 10.2. The number of rotatable bonds is 5. The average Bonchev–Trinajstić information content (AvgIpc) is 2.72. The predicted molar refractivity (Wildman–Crippen MR) is 115 cm³/mol. The van der Waals surface area contributed by atoms with Crippen LogP contribution in [0.2, 0.25) is 0 Å². The van der Waals surface area contributed by atoms with E-state index >= 15 is 0 Å². The number of carbonyl (C=O) groups excluding carboxylic acids is 1. The van der Waals surface area contributed by atoms with Gasteiger partial charge in [0.15, 0.2) is 0 Å². The lowest BCUT2D eigenvalue weighted by atomic mass is 10.1. The van der Waals surface area contributed by atoms with Crippen LogP contribution in [0.15, 0.2) is 54.6 Å². The van der Waals surface area contributed by atoms with Crippen molar-refractivity contribution >= 4 is 6.09 Å². The van der Waals surface area contributed by atoms with E-state index in [0.29, 0.717) is 31.0 Å². The molecule has 0 unspecified atom stereocenters. The summed E-state index contributed by atoms with van der Waals surface area (Å²) in [6, 6.07) is 19.6. The summed E-state index contributed by atoms with van der Waals surface area (Å²) in [6.45, 7) is 8.61. The first-order valence-corrected chi connectivity index (χ1v) is 10.2. The molecule has 158 valence electrons. The van der Waals surface area contributed by atoms with Crippen molar-refractivity contribution in [2.75, 3.05) is 26.2 Å². The standard InChI is InChI=1S/C24H29N3O3/c1-24(2,3)30-23(28)27-14-13-26(16-19-9-5-4-6-10-19)21(17-27)18-29-22-12-8-7-11-20(22)15-25/h4-12,21H,13-14,16-18H2,1-3H3/t21-/m0/s1. The topological polar surface area (TPSA) is 65.8 Å². The highest BCUT2D eigenvalue weighted by atomic mass is 16.6. The molecule has 0 aliphatic carbocycles. The Kier molecular flexibility index (Phi) is 6.96. The van der Waals surface area contributed by atoms with Crippen molar-refractivity contribution in [3.63, 3.8) is 0 Å². The van der Waals surface area contributed by atoms with E-state index in [2.05, 4.69) is 23.1 Å². The van der Waals surface area contributed by atoms with E-state index in [1.54, 1.807) is 17.0 Å². The number of nitriles is 1. The van der Waals surface area contributed by atoms with Gasteiger partial charge in [-0.15, -0.1) is 0 Å². The third-order valence-electron chi connectivity index (χ3n) is 4.92. The summed E-state index contributed by atoms with van der Waals surface area (Å²) < 4.78 is 11.6. The van der Waals surface area contributed by atoms with Crippen molar-refractivity contribution in [2.45, 2.75) is 39.0 Å². The fraction of sp³-hybridized carbons (Fsp3) is 0.417. The summed E-state index contributed by atoms with van der Waals surface area (Å²) in [6.07, 6.45) is -0.302. The lowest BCUT2D eigenvalue weighted by molar-refractivity contribution is -0.00424. The lowest BCUT2D eigenvalue weighted by Gasteiger charge is -2.41. The molecule has 0 bridgehead atoms. The second kappa shape index (κ2) is 9.64. The Bertz CT molecular complexity index is 887. The monoisotopic (exact) mass is 407 g/mol. The van der Waals surface area contributed by atoms with Gasteiger partial charge in [-0.3, -0.25) is 4.90 Å². The molecule has 1 aliphatic heterocycles. The number of hydrogen-bond acceptors (Lipinski definition) is 5.